The van der Waals surface area contributed by atoms with Gasteiger partial charge >= 0.3 is 0 Å². The zero-order valence-corrected chi connectivity index (χ0v) is 11.3. The smallest absolute Gasteiger partial charge is 0.151 e. The summed E-state index contributed by atoms with van der Waals surface area (Å²) >= 11 is 0. The van der Waals surface area contributed by atoms with Crippen molar-refractivity contribution in [3.8, 4) is 0 Å². The highest BCUT2D eigenvalue weighted by Gasteiger charge is 2.29. The summed E-state index contributed by atoms with van der Waals surface area (Å²) < 4.78 is 10.5. The third-order valence-electron chi connectivity index (χ3n) is 3.17. The van der Waals surface area contributed by atoms with Crippen LogP contribution in [0, 0.1) is 0 Å². The summed E-state index contributed by atoms with van der Waals surface area (Å²) in [4.78, 5) is 2.42. The highest BCUT2D eigenvalue weighted by Crippen LogP contribution is 2.28. The third kappa shape index (κ3) is 4.08. The first kappa shape index (κ1) is 13.5. The molecule has 1 aromatic rings. The minimum atomic E-state index is 0.711. The van der Waals surface area contributed by atoms with E-state index in [2.05, 4.69) is 22.3 Å². The molecule has 5 nitrogen and oxygen atoms in total. The zero-order chi connectivity index (χ0) is 12.8. The van der Waals surface area contributed by atoms with E-state index in [9.17, 15) is 0 Å². The standard InChI is InChI=1S/C13H23N3O2/c1-3-14-9-11-8-13(18-15-11)10-16(6-7-17-2)12-4-5-12/h8,12,14H,3-7,9-10H2,1-2H3. The maximum Gasteiger partial charge on any atom is 0.151 e. The van der Waals surface area contributed by atoms with Crippen molar-refractivity contribution in [3.05, 3.63) is 17.5 Å². The number of nitrogens with zero attached hydrogens (tertiary/aromatic N) is 2. The van der Waals surface area contributed by atoms with E-state index in [1.54, 1.807) is 7.11 Å². The van der Waals surface area contributed by atoms with Crippen LogP contribution < -0.4 is 5.32 Å². The number of ether oxygens (including phenoxy) is 1. The van der Waals surface area contributed by atoms with Gasteiger partial charge in [0.2, 0.25) is 0 Å². The summed E-state index contributed by atoms with van der Waals surface area (Å²) in [6.07, 6.45) is 2.59. The molecular weight excluding hydrogens is 230 g/mol. The number of hydrogen-bond donors (Lipinski definition) is 1. The van der Waals surface area contributed by atoms with E-state index in [-0.39, 0.29) is 0 Å². The van der Waals surface area contributed by atoms with Gasteiger partial charge in [0.15, 0.2) is 5.76 Å². The molecule has 1 aliphatic carbocycles. The van der Waals surface area contributed by atoms with Crippen molar-refractivity contribution in [2.24, 2.45) is 0 Å². The summed E-state index contributed by atoms with van der Waals surface area (Å²) in [6.45, 7) is 6.39. The van der Waals surface area contributed by atoms with Crippen molar-refractivity contribution >= 4 is 0 Å². The predicted molar refractivity (Wildman–Crippen MR) is 69.2 cm³/mol. The van der Waals surface area contributed by atoms with Crippen LogP contribution in [0.3, 0.4) is 0 Å². The molecule has 0 saturated heterocycles. The maximum atomic E-state index is 5.38. The fourth-order valence-corrected chi connectivity index (χ4v) is 2.01. The molecule has 0 bridgehead atoms. The zero-order valence-electron chi connectivity index (χ0n) is 11.3. The van der Waals surface area contributed by atoms with E-state index < -0.39 is 0 Å². The highest BCUT2D eigenvalue weighted by molar-refractivity contribution is 5.05. The van der Waals surface area contributed by atoms with Crippen molar-refractivity contribution in [2.45, 2.75) is 38.9 Å². The Hall–Kier alpha value is -0.910. The Kier molecular flexibility index (Phi) is 5.16. The molecule has 0 radical (unpaired) electrons. The van der Waals surface area contributed by atoms with Crippen LogP contribution in [0.4, 0.5) is 0 Å². The second-order valence-electron chi connectivity index (χ2n) is 4.76. The van der Waals surface area contributed by atoms with Gasteiger partial charge in [0.05, 0.1) is 18.8 Å². The first-order valence-electron chi connectivity index (χ1n) is 6.71. The van der Waals surface area contributed by atoms with Gasteiger partial charge in [-0.3, -0.25) is 4.90 Å². The Bertz CT molecular complexity index is 350. The SMILES string of the molecule is CCNCc1cc(CN(CCOC)C2CC2)on1. The Labute approximate surface area is 108 Å². The Morgan fingerprint density at radius 3 is 3.06 bits per heavy atom. The topological polar surface area (TPSA) is 50.5 Å². The fourth-order valence-electron chi connectivity index (χ4n) is 2.01. The monoisotopic (exact) mass is 253 g/mol. The minimum Gasteiger partial charge on any atom is -0.383 e. The molecule has 0 atom stereocenters. The number of nitrogens with one attached hydrogen (secondary N) is 1. The first-order valence-corrected chi connectivity index (χ1v) is 6.71. The van der Waals surface area contributed by atoms with E-state index in [1.165, 1.54) is 12.8 Å². The predicted octanol–water partition coefficient (Wildman–Crippen LogP) is 1.39. The molecule has 1 aliphatic rings. The van der Waals surface area contributed by atoms with Gasteiger partial charge in [-0.25, -0.2) is 0 Å². The Morgan fingerprint density at radius 2 is 2.39 bits per heavy atom. The number of aromatic nitrogens is 1. The molecular formula is C13H23N3O2. The number of hydrogen-bond acceptors (Lipinski definition) is 5. The van der Waals surface area contributed by atoms with Crippen LogP contribution in [0.25, 0.3) is 0 Å². The highest BCUT2D eigenvalue weighted by atomic mass is 16.5. The molecule has 0 aliphatic heterocycles. The van der Waals surface area contributed by atoms with Crippen LogP contribution in [0.15, 0.2) is 10.6 Å². The molecule has 0 amide bonds. The summed E-state index contributed by atoms with van der Waals surface area (Å²) in [5, 5.41) is 7.32. The number of methoxy groups -OCH3 is 1. The molecule has 102 valence electrons. The molecule has 0 spiro atoms. The van der Waals surface area contributed by atoms with Crippen LogP contribution in [0.1, 0.15) is 31.2 Å². The van der Waals surface area contributed by atoms with Gasteiger partial charge in [-0.1, -0.05) is 12.1 Å². The average molecular weight is 253 g/mol. The fraction of sp³-hybridized carbons (Fsp3) is 0.769. The van der Waals surface area contributed by atoms with Crippen molar-refractivity contribution in [1.82, 2.24) is 15.4 Å². The first-order chi connectivity index (χ1) is 8.83. The molecule has 0 aromatic carbocycles. The molecule has 1 N–H and O–H groups in total. The second-order valence-corrected chi connectivity index (χ2v) is 4.76. The molecule has 1 saturated carbocycles. The van der Waals surface area contributed by atoms with Crippen molar-refractivity contribution in [3.63, 3.8) is 0 Å². The van der Waals surface area contributed by atoms with E-state index in [0.29, 0.717) is 6.04 Å². The molecule has 1 fully saturated rings. The summed E-state index contributed by atoms with van der Waals surface area (Å²) in [5.74, 6) is 0.950. The molecule has 0 unspecified atom stereocenters. The lowest BCUT2D eigenvalue weighted by molar-refractivity contribution is 0.132. The third-order valence-corrected chi connectivity index (χ3v) is 3.17. The Balaban J connectivity index is 1.83. The van der Waals surface area contributed by atoms with Crippen molar-refractivity contribution in [2.75, 3.05) is 26.8 Å². The molecule has 2 rings (SSSR count). The summed E-state index contributed by atoms with van der Waals surface area (Å²) in [5.41, 5.74) is 0.981. The largest absolute Gasteiger partial charge is 0.383 e. The van der Waals surface area contributed by atoms with Gasteiger partial charge in [0.25, 0.3) is 0 Å². The van der Waals surface area contributed by atoms with Crippen molar-refractivity contribution in [1.29, 1.82) is 0 Å². The molecule has 18 heavy (non-hydrogen) atoms. The van der Waals surface area contributed by atoms with Crippen LogP contribution in [0.2, 0.25) is 0 Å². The molecule has 1 aromatic heterocycles. The van der Waals surface area contributed by atoms with Crippen LogP contribution in [-0.2, 0) is 17.8 Å². The minimum absolute atomic E-state index is 0.711. The summed E-state index contributed by atoms with van der Waals surface area (Å²) in [7, 11) is 1.74. The van der Waals surface area contributed by atoms with Gasteiger partial charge in [0.1, 0.15) is 0 Å². The van der Waals surface area contributed by atoms with Gasteiger partial charge < -0.3 is 14.6 Å². The van der Waals surface area contributed by atoms with Crippen LogP contribution in [0.5, 0.6) is 0 Å². The van der Waals surface area contributed by atoms with Crippen molar-refractivity contribution < 1.29 is 9.26 Å². The van der Waals surface area contributed by atoms with Gasteiger partial charge in [-0.05, 0) is 19.4 Å². The van der Waals surface area contributed by atoms with E-state index in [1.807, 2.05) is 6.07 Å². The van der Waals surface area contributed by atoms with E-state index >= 15 is 0 Å². The molecule has 5 heteroatoms. The van der Waals surface area contributed by atoms with E-state index in [0.717, 1.165) is 44.2 Å². The van der Waals surface area contributed by atoms with E-state index in [4.69, 9.17) is 9.26 Å². The summed E-state index contributed by atoms with van der Waals surface area (Å²) in [6, 6.07) is 2.76. The quantitative estimate of drug-likeness (QED) is 0.721. The molecule has 1 heterocycles. The lowest BCUT2D eigenvalue weighted by atomic mass is 10.3. The Morgan fingerprint density at radius 1 is 1.56 bits per heavy atom. The lowest BCUT2D eigenvalue weighted by Crippen LogP contribution is -2.28. The van der Waals surface area contributed by atoms with Gasteiger partial charge in [-0.15, -0.1) is 0 Å². The second kappa shape index (κ2) is 6.87. The number of rotatable bonds is 9. The van der Waals surface area contributed by atoms with Gasteiger partial charge in [-0.2, -0.15) is 0 Å². The van der Waals surface area contributed by atoms with Gasteiger partial charge in [0, 0.05) is 32.3 Å². The van der Waals surface area contributed by atoms with Crippen LogP contribution >= 0.6 is 0 Å². The van der Waals surface area contributed by atoms with Crippen LogP contribution in [-0.4, -0.2) is 42.9 Å². The lowest BCUT2D eigenvalue weighted by Gasteiger charge is -2.19. The maximum absolute atomic E-state index is 5.38. The average Bonchev–Trinajstić information content (AvgIpc) is 3.13. The normalized spacial score (nSPS) is 15.5.